The monoisotopic (exact) mass is 362 g/mol. The molecule has 4 rings (SSSR count). The van der Waals surface area contributed by atoms with Gasteiger partial charge in [0.05, 0.1) is 0 Å². The minimum absolute atomic E-state index is 0.430. The molecule has 0 N–H and O–H groups in total. The number of fused-ring (bicyclic) bond motifs is 2. The van der Waals surface area contributed by atoms with Crippen molar-refractivity contribution < 1.29 is 0 Å². The van der Waals surface area contributed by atoms with Crippen LogP contribution in [-0.4, -0.2) is 5.25 Å². The zero-order chi connectivity index (χ0) is 19.0. The third kappa shape index (κ3) is 1.26. The first-order chi connectivity index (χ1) is 11.3. The minimum atomic E-state index is 0.430. The summed E-state index contributed by atoms with van der Waals surface area (Å²) in [4.78, 5) is 0. The van der Waals surface area contributed by atoms with Crippen LogP contribution in [0, 0.1) is 56.2 Å². The zero-order valence-corrected chi connectivity index (χ0v) is 19.3. The summed E-state index contributed by atoms with van der Waals surface area (Å²) in [5.41, 5.74) is 2.95. The fraction of sp³-hybridized carbons (Fsp3) is 1.00. The van der Waals surface area contributed by atoms with Crippen LogP contribution in [0.15, 0.2) is 0 Å². The fourth-order valence-electron chi connectivity index (χ4n) is 11.1. The molecule has 10 atom stereocenters. The molecular formula is C24H42S. The quantitative estimate of drug-likeness (QED) is 0.509. The van der Waals surface area contributed by atoms with Crippen LogP contribution in [0.3, 0.4) is 0 Å². The van der Waals surface area contributed by atoms with Gasteiger partial charge in [0, 0.05) is 5.25 Å². The van der Waals surface area contributed by atoms with E-state index < -0.39 is 0 Å². The highest BCUT2D eigenvalue weighted by Crippen LogP contribution is 3.03. The highest BCUT2D eigenvalue weighted by molar-refractivity contribution is 7.81. The molecule has 144 valence electrons. The highest BCUT2D eigenvalue weighted by Gasteiger charge is 2.99. The molecule has 0 spiro atoms. The smallest absolute Gasteiger partial charge is 0.00480 e. The summed E-state index contributed by atoms with van der Waals surface area (Å²) in [7, 11) is 0. The van der Waals surface area contributed by atoms with E-state index in [0.29, 0.717) is 37.7 Å². The van der Waals surface area contributed by atoms with E-state index in [1.54, 1.807) is 0 Å². The zero-order valence-electron chi connectivity index (χ0n) is 18.5. The maximum atomic E-state index is 5.14. The summed E-state index contributed by atoms with van der Waals surface area (Å²) >= 11 is 5.14. The van der Waals surface area contributed by atoms with Gasteiger partial charge in [0.25, 0.3) is 0 Å². The van der Waals surface area contributed by atoms with Gasteiger partial charge in [-0.2, -0.15) is 12.6 Å². The summed E-state index contributed by atoms with van der Waals surface area (Å²) in [6.45, 7) is 25.8. The second-order valence-electron chi connectivity index (χ2n) is 11.9. The van der Waals surface area contributed by atoms with Gasteiger partial charge in [-0.15, -0.1) is 0 Å². The Hall–Kier alpha value is 0.350. The van der Waals surface area contributed by atoms with E-state index in [0.717, 1.165) is 23.7 Å². The van der Waals surface area contributed by atoms with E-state index in [2.05, 4.69) is 69.2 Å². The van der Waals surface area contributed by atoms with E-state index in [1.165, 1.54) is 19.3 Å². The molecule has 4 aliphatic rings. The second kappa shape index (κ2) is 4.49. The molecule has 10 unspecified atom stereocenters. The number of thiol groups is 1. The highest BCUT2D eigenvalue weighted by atomic mass is 32.1. The van der Waals surface area contributed by atoms with Crippen molar-refractivity contribution in [3.05, 3.63) is 0 Å². The third-order valence-corrected chi connectivity index (χ3v) is 13.2. The Morgan fingerprint density at radius 1 is 1.04 bits per heavy atom. The summed E-state index contributed by atoms with van der Waals surface area (Å²) in [5, 5.41) is 0.506. The van der Waals surface area contributed by atoms with E-state index in [1.807, 2.05) is 0 Å². The largest absolute Gasteiger partial charge is 0.176 e. The first-order valence-electron chi connectivity index (χ1n) is 11.0. The normalized spacial score (nSPS) is 66.0. The molecule has 25 heavy (non-hydrogen) atoms. The van der Waals surface area contributed by atoms with Crippen LogP contribution < -0.4 is 0 Å². The molecule has 0 heterocycles. The Kier molecular flexibility index (Phi) is 3.36. The molecule has 1 heteroatoms. The van der Waals surface area contributed by atoms with E-state index in [9.17, 15) is 0 Å². The Labute approximate surface area is 162 Å². The summed E-state index contributed by atoms with van der Waals surface area (Å²) in [5.74, 6) is 3.29. The maximum Gasteiger partial charge on any atom is 0.00480 e. The lowest BCUT2D eigenvalue weighted by atomic mass is 9.17. The van der Waals surface area contributed by atoms with Crippen LogP contribution in [0.1, 0.15) is 88.5 Å². The van der Waals surface area contributed by atoms with E-state index in [-0.39, 0.29) is 0 Å². The fourth-order valence-corrected chi connectivity index (χ4v) is 11.5. The topological polar surface area (TPSA) is 0 Å². The molecular weight excluding hydrogens is 320 g/mol. The van der Waals surface area contributed by atoms with Crippen molar-refractivity contribution in [3.63, 3.8) is 0 Å². The molecule has 4 fully saturated rings. The van der Waals surface area contributed by atoms with Crippen molar-refractivity contribution >= 4 is 12.6 Å². The Bertz CT molecular complexity index is 624. The lowest BCUT2D eigenvalue weighted by Gasteiger charge is -2.86. The molecule has 0 aromatic carbocycles. The summed E-state index contributed by atoms with van der Waals surface area (Å²) < 4.78 is 0. The Morgan fingerprint density at radius 2 is 1.60 bits per heavy atom. The molecule has 0 aliphatic heterocycles. The number of hydrogen-bond donors (Lipinski definition) is 1. The lowest BCUT2D eigenvalue weighted by Crippen LogP contribution is -2.82. The van der Waals surface area contributed by atoms with Crippen molar-refractivity contribution in [2.75, 3.05) is 0 Å². The van der Waals surface area contributed by atoms with Gasteiger partial charge in [0.15, 0.2) is 0 Å². The minimum Gasteiger partial charge on any atom is -0.176 e. The Morgan fingerprint density at radius 3 is 2.04 bits per heavy atom. The van der Waals surface area contributed by atoms with Crippen molar-refractivity contribution in [1.29, 1.82) is 0 Å². The Balaban J connectivity index is 1.98. The lowest BCUT2D eigenvalue weighted by molar-refractivity contribution is -0.394. The van der Waals surface area contributed by atoms with Gasteiger partial charge in [-0.05, 0) is 75.4 Å². The first-order valence-corrected chi connectivity index (χ1v) is 11.5. The van der Waals surface area contributed by atoms with Gasteiger partial charge in [0.1, 0.15) is 0 Å². The predicted molar refractivity (Wildman–Crippen MR) is 112 cm³/mol. The second-order valence-corrected chi connectivity index (χ2v) is 12.7. The maximum absolute atomic E-state index is 5.14. The molecule has 0 amide bonds. The van der Waals surface area contributed by atoms with Crippen LogP contribution in [0.2, 0.25) is 0 Å². The summed E-state index contributed by atoms with van der Waals surface area (Å²) in [6.07, 6.45) is 4.18. The molecule has 4 saturated carbocycles. The van der Waals surface area contributed by atoms with Gasteiger partial charge in [-0.3, -0.25) is 0 Å². The van der Waals surface area contributed by atoms with Crippen molar-refractivity contribution in [1.82, 2.24) is 0 Å². The van der Waals surface area contributed by atoms with Crippen LogP contribution in [0.25, 0.3) is 0 Å². The molecule has 0 aromatic rings. The van der Waals surface area contributed by atoms with Gasteiger partial charge in [0.2, 0.25) is 0 Å². The predicted octanol–water partition coefficient (Wildman–Crippen LogP) is 7.09. The van der Waals surface area contributed by atoms with E-state index >= 15 is 0 Å². The average Bonchev–Trinajstić information content (AvgIpc) is 2.97. The molecule has 0 saturated heterocycles. The van der Waals surface area contributed by atoms with Crippen molar-refractivity contribution in [2.24, 2.45) is 56.2 Å². The average molecular weight is 363 g/mol. The van der Waals surface area contributed by atoms with Crippen LogP contribution in [-0.2, 0) is 0 Å². The molecule has 2 bridgehead atoms. The molecule has 0 nitrogen and oxygen atoms in total. The van der Waals surface area contributed by atoms with Crippen LogP contribution in [0.5, 0.6) is 0 Å². The number of rotatable bonds is 3. The first kappa shape index (κ1) is 18.7. The van der Waals surface area contributed by atoms with Crippen LogP contribution >= 0.6 is 12.6 Å². The number of hydrogen-bond acceptors (Lipinski definition) is 1. The SMILES string of the molecule is CCC1(C(C)S)CC(C)C2(C)C1C13CC2(C)C1(C)C(C)(C(C)C)C3C. The van der Waals surface area contributed by atoms with Gasteiger partial charge < -0.3 is 0 Å². The van der Waals surface area contributed by atoms with Gasteiger partial charge in [-0.25, -0.2) is 0 Å². The standard InChI is InChI=1S/C24H42S/c1-11-23(17(6)25)12-15(4)21(9)18(23)24-13-19(21,7)22(24,10)20(8,14(2)3)16(24)5/h14-18,25H,11-13H2,1-10H3. The molecule has 0 radical (unpaired) electrons. The van der Waals surface area contributed by atoms with Crippen molar-refractivity contribution in [2.45, 2.75) is 93.7 Å². The third-order valence-electron chi connectivity index (χ3n) is 12.7. The van der Waals surface area contributed by atoms with E-state index in [4.69, 9.17) is 12.6 Å². The molecule has 0 aromatic heterocycles. The van der Waals surface area contributed by atoms with Gasteiger partial charge in [-0.1, -0.05) is 69.2 Å². The van der Waals surface area contributed by atoms with Gasteiger partial charge >= 0.3 is 0 Å². The summed E-state index contributed by atoms with van der Waals surface area (Å²) in [6, 6.07) is 0. The van der Waals surface area contributed by atoms with Crippen molar-refractivity contribution in [3.8, 4) is 0 Å². The van der Waals surface area contributed by atoms with Crippen LogP contribution in [0.4, 0.5) is 0 Å². The molecule has 4 aliphatic carbocycles.